The molecule has 1 aromatic heterocycles. The van der Waals surface area contributed by atoms with Crippen molar-refractivity contribution in [3.8, 4) is 0 Å². The lowest BCUT2D eigenvalue weighted by molar-refractivity contribution is 0.442. The molecule has 0 saturated carbocycles. The zero-order valence-electron chi connectivity index (χ0n) is 7.92. The van der Waals surface area contributed by atoms with E-state index in [0.29, 0.717) is 11.8 Å². The second-order valence-electron chi connectivity index (χ2n) is 2.99. The van der Waals surface area contributed by atoms with Crippen LogP contribution < -0.4 is 0 Å². The lowest BCUT2D eigenvalue weighted by atomic mass is 10.2. The number of halogens is 1. The Kier molecular flexibility index (Phi) is 4.83. The molecule has 0 atom stereocenters. The van der Waals surface area contributed by atoms with E-state index < -0.39 is 0 Å². The highest BCUT2D eigenvalue weighted by molar-refractivity contribution is 6.17. The maximum atomic E-state index is 5.55. The van der Waals surface area contributed by atoms with Crippen molar-refractivity contribution in [2.75, 3.05) is 5.88 Å². The van der Waals surface area contributed by atoms with Crippen LogP contribution in [0.4, 0.5) is 0 Å². The van der Waals surface area contributed by atoms with Gasteiger partial charge in [-0.05, 0) is 12.8 Å². The summed E-state index contributed by atoms with van der Waals surface area (Å²) in [7, 11) is 0. The molecular weight excluding hydrogens is 188 g/mol. The van der Waals surface area contributed by atoms with E-state index in [1.54, 1.807) is 0 Å². The molecule has 0 aliphatic heterocycles. The number of aryl methyl sites for hydroxylation is 2. The smallest absolute Gasteiger partial charge is 0.216 e. The summed E-state index contributed by atoms with van der Waals surface area (Å²) in [5.41, 5.74) is 0. The van der Waals surface area contributed by atoms with Crippen molar-refractivity contribution < 1.29 is 4.42 Å². The molecule has 0 aliphatic carbocycles. The summed E-state index contributed by atoms with van der Waals surface area (Å²) >= 11 is 5.55. The van der Waals surface area contributed by atoms with E-state index in [9.17, 15) is 0 Å². The van der Waals surface area contributed by atoms with Crippen molar-refractivity contribution >= 4 is 11.6 Å². The van der Waals surface area contributed by atoms with Crippen LogP contribution in [0.2, 0.25) is 0 Å². The Morgan fingerprint density at radius 1 is 1.15 bits per heavy atom. The van der Waals surface area contributed by atoms with Gasteiger partial charge >= 0.3 is 0 Å². The van der Waals surface area contributed by atoms with E-state index >= 15 is 0 Å². The first-order valence-corrected chi connectivity index (χ1v) is 5.27. The van der Waals surface area contributed by atoms with Crippen LogP contribution in [0.25, 0.3) is 0 Å². The summed E-state index contributed by atoms with van der Waals surface area (Å²) < 4.78 is 5.41. The van der Waals surface area contributed by atoms with Gasteiger partial charge < -0.3 is 4.42 Å². The molecule has 0 radical (unpaired) electrons. The lowest BCUT2D eigenvalue weighted by Crippen LogP contribution is -1.85. The van der Waals surface area contributed by atoms with Crippen LogP contribution in [0.5, 0.6) is 0 Å². The molecule has 0 spiro atoms. The zero-order chi connectivity index (χ0) is 9.52. The number of hydrogen-bond acceptors (Lipinski definition) is 3. The molecule has 1 heterocycles. The zero-order valence-corrected chi connectivity index (χ0v) is 8.68. The molecule has 1 aromatic rings. The maximum absolute atomic E-state index is 5.55. The Balaban J connectivity index is 2.34. The van der Waals surface area contributed by atoms with Gasteiger partial charge in [0, 0.05) is 18.7 Å². The Bertz CT molecular complexity index is 215. The highest BCUT2D eigenvalue weighted by atomic mass is 35.5. The van der Waals surface area contributed by atoms with E-state index in [-0.39, 0.29) is 0 Å². The quantitative estimate of drug-likeness (QED) is 0.666. The van der Waals surface area contributed by atoms with Gasteiger partial charge in [0.05, 0.1) is 0 Å². The highest BCUT2D eigenvalue weighted by Crippen LogP contribution is 2.06. The Morgan fingerprint density at radius 2 is 1.77 bits per heavy atom. The second-order valence-corrected chi connectivity index (χ2v) is 3.36. The van der Waals surface area contributed by atoms with Crippen molar-refractivity contribution in [1.29, 1.82) is 0 Å². The van der Waals surface area contributed by atoms with Crippen molar-refractivity contribution in [3.05, 3.63) is 11.8 Å². The van der Waals surface area contributed by atoms with E-state index in [2.05, 4.69) is 17.1 Å². The Hall–Kier alpha value is -0.570. The summed E-state index contributed by atoms with van der Waals surface area (Å²) in [5, 5.41) is 7.88. The number of aromatic nitrogens is 2. The van der Waals surface area contributed by atoms with Crippen molar-refractivity contribution in [3.63, 3.8) is 0 Å². The largest absolute Gasteiger partial charge is 0.425 e. The average molecular weight is 203 g/mol. The van der Waals surface area contributed by atoms with Crippen molar-refractivity contribution in [2.24, 2.45) is 0 Å². The summed E-state index contributed by atoms with van der Waals surface area (Å²) in [6.45, 7) is 2.14. The number of nitrogens with zero attached hydrogens (tertiary/aromatic N) is 2. The molecular formula is C9H15ClN2O. The van der Waals surface area contributed by atoms with Crippen LogP contribution in [0, 0.1) is 0 Å². The fourth-order valence-electron chi connectivity index (χ4n) is 1.04. The number of alkyl halides is 1. The van der Waals surface area contributed by atoms with E-state index in [1.807, 2.05) is 0 Å². The van der Waals surface area contributed by atoms with Gasteiger partial charge in [-0.3, -0.25) is 0 Å². The first-order valence-electron chi connectivity index (χ1n) is 4.74. The van der Waals surface area contributed by atoms with Gasteiger partial charge in [-0.15, -0.1) is 21.8 Å². The summed E-state index contributed by atoms with van der Waals surface area (Å²) in [6.07, 6.45) is 4.85. The lowest BCUT2D eigenvalue weighted by Gasteiger charge is -1.90. The molecule has 0 saturated heterocycles. The summed E-state index contributed by atoms with van der Waals surface area (Å²) in [4.78, 5) is 0. The molecule has 0 aliphatic rings. The number of rotatable bonds is 6. The van der Waals surface area contributed by atoms with Crippen molar-refractivity contribution in [2.45, 2.75) is 39.0 Å². The minimum atomic E-state index is 0.646. The van der Waals surface area contributed by atoms with Crippen LogP contribution in [0.15, 0.2) is 4.42 Å². The second kappa shape index (κ2) is 5.97. The third kappa shape index (κ3) is 3.77. The van der Waals surface area contributed by atoms with Crippen LogP contribution in [-0.4, -0.2) is 16.1 Å². The SMILES string of the molecule is CCCCc1nnc(CCCCl)o1. The average Bonchev–Trinajstić information content (AvgIpc) is 2.59. The van der Waals surface area contributed by atoms with Crippen LogP contribution in [-0.2, 0) is 12.8 Å². The normalized spacial score (nSPS) is 10.6. The summed E-state index contributed by atoms with van der Waals surface area (Å²) in [5.74, 6) is 2.12. The fraction of sp³-hybridized carbons (Fsp3) is 0.778. The van der Waals surface area contributed by atoms with Gasteiger partial charge in [-0.2, -0.15) is 0 Å². The van der Waals surface area contributed by atoms with Gasteiger partial charge in [0.1, 0.15) is 0 Å². The fourth-order valence-corrected chi connectivity index (χ4v) is 1.17. The first kappa shape index (κ1) is 10.5. The topological polar surface area (TPSA) is 38.9 Å². The number of hydrogen-bond donors (Lipinski definition) is 0. The summed E-state index contributed by atoms with van der Waals surface area (Å²) in [6, 6.07) is 0. The molecule has 0 amide bonds. The van der Waals surface area contributed by atoms with Crippen LogP contribution in [0.1, 0.15) is 38.0 Å². The molecule has 0 fully saturated rings. The van der Waals surface area contributed by atoms with Crippen molar-refractivity contribution in [1.82, 2.24) is 10.2 Å². The van der Waals surface area contributed by atoms with E-state index in [0.717, 1.165) is 38.0 Å². The third-order valence-corrected chi connectivity index (χ3v) is 2.04. The predicted molar refractivity (Wildman–Crippen MR) is 52.0 cm³/mol. The predicted octanol–water partition coefficient (Wildman–Crippen LogP) is 2.58. The van der Waals surface area contributed by atoms with Gasteiger partial charge in [0.25, 0.3) is 0 Å². The van der Waals surface area contributed by atoms with Gasteiger partial charge in [0.2, 0.25) is 11.8 Å². The molecule has 13 heavy (non-hydrogen) atoms. The number of unbranched alkanes of at least 4 members (excludes halogenated alkanes) is 1. The maximum Gasteiger partial charge on any atom is 0.216 e. The molecule has 4 heteroatoms. The molecule has 0 N–H and O–H groups in total. The molecule has 1 rings (SSSR count). The molecule has 0 bridgehead atoms. The minimum absolute atomic E-state index is 0.646. The van der Waals surface area contributed by atoms with Gasteiger partial charge in [0.15, 0.2) is 0 Å². The third-order valence-electron chi connectivity index (χ3n) is 1.78. The van der Waals surface area contributed by atoms with E-state index in [4.69, 9.17) is 16.0 Å². The molecule has 0 unspecified atom stereocenters. The van der Waals surface area contributed by atoms with E-state index in [1.165, 1.54) is 0 Å². The Morgan fingerprint density at radius 3 is 2.31 bits per heavy atom. The molecule has 74 valence electrons. The van der Waals surface area contributed by atoms with Crippen LogP contribution in [0.3, 0.4) is 0 Å². The Labute approximate surface area is 83.5 Å². The molecule has 3 nitrogen and oxygen atoms in total. The van der Waals surface area contributed by atoms with Gasteiger partial charge in [-0.25, -0.2) is 0 Å². The standard InChI is InChI=1S/C9H15ClN2O/c1-2-3-5-8-11-12-9(13-8)6-4-7-10/h2-7H2,1H3. The van der Waals surface area contributed by atoms with Gasteiger partial charge in [-0.1, -0.05) is 13.3 Å². The molecule has 0 aromatic carbocycles. The highest BCUT2D eigenvalue weighted by Gasteiger charge is 2.04. The monoisotopic (exact) mass is 202 g/mol. The van der Waals surface area contributed by atoms with Crippen LogP contribution >= 0.6 is 11.6 Å². The minimum Gasteiger partial charge on any atom is -0.425 e. The first-order chi connectivity index (χ1) is 6.36.